The summed E-state index contributed by atoms with van der Waals surface area (Å²) in [4.78, 5) is 39.4. The third kappa shape index (κ3) is 3.62. The molecule has 3 amide bonds. The molecule has 8 nitrogen and oxygen atoms in total. The molecular formula is C17H21N5O3. The highest BCUT2D eigenvalue weighted by atomic mass is 16.2. The lowest BCUT2D eigenvalue weighted by Crippen LogP contribution is -2.52. The van der Waals surface area contributed by atoms with E-state index in [9.17, 15) is 14.4 Å². The summed E-state index contributed by atoms with van der Waals surface area (Å²) in [5.41, 5.74) is 1.23. The molecule has 0 bridgehead atoms. The standard InChI is InChI=1S/C17H21N5O3/c1-2-14(23)18-11-15(24)21-7-9-22(10-8-21)17(25)16-12-5-3-4-6-13(12)19-20-16/h3-6H,2,7-11H2,1H3,(H,18,23)(H,19,20). The molecule has 1 saturated heterocycles. The maximum Gasteiger partial charge on any atom is 0.275 e. The highest BCUT2D eigenvalue weighted by Crippen LogP contribution is 2.17. The predicted molar refractivity (Wildman–Crippen MR) is 91.9 cm³/mol. The molecule has 0 saturated carbocycles. The minimum atomic E-state index is -0.146. The van der Waals surface area contributed by atoms with E-state index in [1.165, 1.54) is 0 Å². The van der Waals surface area contributed by atoms with Gasteiger partial charge >= 0.3 is 0 Å². The van der Waals surface area contributed by atoms with E-state index in [2.05, 4.69) is 15.5 Å². The smallest absolute Gasteiger partial charge is 0.275 e. The van der Waals surface area contributed by atoms with Crippen LogP contribution in [0, 0.1) is 0 Å². The molecule has 2 heterocycles. The van der Waals surface area contributed by atoms with Crippen LogP contribution in [-0.2, 0) is 9.59 Å². The summed E-state index contributed by atoms with van der Waals surface area (Å²) in [6.45, 7) is 3.55. The van der Waals surface area contributed by atoms with Crippen LogP contribution in [-0.4, -0.2) is 70.4 Å². The van der Waals surface area contributed by atoms with Crippen molar-refractivity contribution in [2.24, 2.45) is 0 Å². The Morgan fingerprint density at radius 2 is 1.80 bits per heavy atom. The number of carbonyl (C=O) groups is 3. The van der Waals surface area contributed by atoms with Crippen LogP contribution in [0.15, 0.2) is 24.3 Å². The van der Waals surface area contributed by atoms with Gasteiger partial charge in [-0.05, 0) is 6.07 Å². The highest BCUT2D eigenvalue weighted by Gasteiger charge is 2.27. The molecule has 0 atom stereocenters. The van der Waals surface area contributed by atoms with Crippen molar-refractivity contribution in [3.05, 3.63) is 30.0 Å². The number of nitrogens with zero attached hydrogens (tertiary/aromatic N) is 3. The zero-order valence-electron chi connectivity index (χ0n) is 14.1. The number of piperazine rings is 1. The van der Waals surface area contributed by atoms with Crippen LogP contribution in [0.5, 0.6) is 0 Å². The summed E-state index contributed by atoms with van der Waals surface area (Å²) in [6.07, 6.45) is 0.354. The molecule has 132 valence electrons. The first-order chi connectivity index (χ1) is 12.1. The molecule has 1 aliphatic heterocycles. The van der Waals surface area contributed by atoms with Crippen molar-refractivity contribution in [3.8, 4) is 0 Å². The molecule has 2 N–H and O–H groups in total. The fourth-order valence-corrected chi connectivity index (χ4v) is 2.85. The quantitative estimate of drug-likeness (QED) is 0.838. The number of hydrogen-bond donors (Lipinski definition) is 2. The number of nitrogens with one attached hydrogen (secondary N) is 2. The van der Waals surface area contributed by atoms with Gasteiger partial charge in [0.15, 0.2) is 5.69 Å². The molecule has 0 unspecified atom stereocenters. The summed E-state index contributed by atoms with van der Waals surface area (Å²) < 4.78 is 0. The molecule has 1 aromatic heterocycles. The van der Waals surface area contributed by atoms with Gasteiger partial charge in [0.1, 0.15) is 0 Å². The second-order valence-electron chi connectivity index (χ2n) is 5.92. The lowest BCUT2D eigenvalue weighted by Gasteiger charge is -2.34. The number of aromatic nitrogens is 2. The third-order valence-corrected chi connectivity index (χ3v) is 4.35. The SMILES string of the molecule is CCC(=O)NCC(=O)N1CCN(C(=O)c2n[nH]c3ccccc23)CC1. The number of hydrogen-bond acceptors (Lipinski definition) is 4. The van der Waals surface area contributed by atoms with E-state index >= 15 is 0 Å². The van der Waals surface area contributed by atoms with E-state index in [0.717, 1.165) is 10.9 Å². The predicted octanol–water partition coefficient (Wildman–Crippen LogP) is 0.374. The monoisotopic (exact) mass is 343 g/mol. The van der Waals surface area contributed by atoms with E-state index < -0.39 is 0 Å². The van der Waals surface area contributed by atoms with E-state index in [0.29, 0.717) is 38.3 Å². The summed E-state index contributed by atoms with van der Waals surface area (Å²) >= 11 is 0. The maximum absolute atomic E-state index is 12.7. The van der Waals surface area contributed by atoms with Crippen LogP contribution in [0.2, 0.25) is 0 Å². The second kappa shape index (κ2) is 7.33. The van der Waals surface area contributed by atoms with E-state index in [4.69, 9.17) is 0 Å². The van der Waals surface area contributed by atoms with Gasteiger partial charge in [0.25, 0.3) is 5.91 Å². The maximum atomic E-state index is 12.7. The van der Waals surface area contributed by atoms with Crippen molar-refractivity contribution in [2.75, 3.05) is 32.7 Å². The Kier molecular flexibility index (Phi) is 4.97. The molecule has 1 aliphatic rings. The molecular weight excluding hydrogens is 322 g/mol. The van der Waals surface area contributed by atoms with Crippen LogP contribution < -0.4 is 5.32 Å². The second-order valence-corrected chi connectivity index (χ2v) is 5.92. The number of amides is 3. The van der Waals surface area contributed by atoms with Gasteiger partial charge in [-0.1, -0.05) is 25.1 Å². The Labute approximate surface area is 145 Å². The molecule has 25 heavy (non-hydrogen) atoms. The van der Waals surface area contributed by atoms with Crippen LogP contribution >= 0.6 is 0 Å². The van der Waals surface area contributed by atoms with Gasteiger partial charge in [-0.3, -0.25) is 19.5 Å². The molecule has 0 aliphatic carbocycles. The summed E-state index contributed by atoms with van der Waals surface area (Å²) in [5, 5.41) is 10.4. The average molecular weight is 343 g/mol. The van der Waals surface area contributed by atoms with Gasteiger partial charge in [-0.15, -0.1) is 0 Å². The number of para-hydroxylation sites is 1. The Morgan fingerprint density at radius 3 is 2.52 bits per heavy atom. The van der Waals surface area contributed by atoms with Gasteiger partial charge in [-0.2, -0.15) is 5.10 Å². The molecule has 8 heteroatoms. The number of rotatable bonds is 4. The van der Waals surface area contributed by atoms with Crippen molar-refractivity contribution in [2.45, 2.75) is 13.3 Å². The summed E-state index contributed by atoms with van der Waals surface area (Å²) in [7, 11) is 0. The first-order valence-electron chi connectivity index (χ1n) is 8.37. The van der Waals surface area contributed by atoms with Crippen LogP contribution in [0.1, 0.15) is 23.8 Å². The fraction of sp³-hybridized carbons (Fsp3) is 0.412. The van der Waals surface area contributed by atoms with Crippen LogP contribution in [0.4, 0.5) is 0 Å². The van der Waals surface area contributed by atoms with Crippen molar-refractivity contribution in [3.63, 3.8) is 0 Å². The average Bonchev–Trinajstić information content (AvgIpc) is 3.09. The number of carbonyl (C=O) groups excluding carboxylic acids is 3. The van der Waals surface area contributed by atoms with E-state index in [1.54, 1.807) is 16.7 Å². The van der Waals surface area contributed by atoms with Crippen LogP contribution in [0.3, 0.4) is 0 Å². The first-order valence-corrected chi connectivity index (χ1v) is 8.37. The molecule has 1 aromatic carbocycles. The Bertz CT molecular complexity index is 792. The zero-order chi connectivity index (χ0) is 17.8. The van der Waals surface area contributed by atoms with Gasteiger partial charge in [-0.25, -0.2) is 0 Å². The van der Waals surface area contributed by atoms with Gasteiger partial charge < -0.3 is 15.1 Å². The van der Waals surface area contributed by atoms with Gasteiger partial charge in [0.2, 0.25) is 11.8 Å². The molecule has 3 rings (SSSR count). The van der Waals surface area contributed by atoms with E-state index in [-0.39, 0.29) is 24.3 Å². The minimum absolute atomic E-state index is 0.00459. The van der Waals surface area contributed by atoms with Crippen molar-refractivity contribution in [1.82, 2.24) is 25.3 Å². The van der Waals surface area contributed by atoms with Gasteiger partial charge in [0.05, 0.1) is 12.1 Å². The topological polar surface area (TPSA) is 98.4 Å². The van der Waals surface area contributed by atoms with Crippen molar-refractivity contribution in [1.29, 1.82) is 0 Å². The third-order valence-electron chi connectivity index (χ3n) is 4.35. The Morgan fingerprint density at radius 1 is 1.12 bits per heavy atom. The number of fused-ring (bicyclic) bond motifs is 1. The summed E-state index contributed by atoms with van der Waals surface area (Å²) in [6, 6.07) is 7.49. The van der Waals surface area contributed by atoms with Crippen LogP contribution in [0.25, 0.3) is 10.9 Å². The Hall–Kier alpha value is -2.90. The van der Waals surface area contributed by atoms with Gasteiger partial charge in [0, 0.05) is 38.0 Å². The molecule has 1 fully saturated rings. The Balaban J connectivity index is 1.58. The number of H-pyrrole nitrogens is 1. The zero-order valence-corrected chi connectivity index (χ0v) is 14.1. The normalized spacial score (nSPS) is 14.6. The summed E-state index contributed by atoms with van der Waals surface area (Å²) in [5.74, 6) is -0.407. The van der Waals surface area contributed by atoms with E-state index in [1.807, 2.05) is 24.3 Å². The van der Waals surface area contributed by atoms with Crippen molar-refractivity contribution >= 4 is 28.6 Å². The number of aromatic amines is 1. The highest BCUT2D eigenvalue weighted by molar-refractivity contribution is 6.04. The number of benzene rings is 1. The lowest BCUT2D eigenvalue weighted by molar-refractivity contribution is -0.134. The largest absolute Gasteiger partial charge is 0.347 e. The fourth-order valence-electron chi connectivity index (χ4n) is 2.85. The molecule has 0 spiro atoms. The molecule has 0 radical (unpaired) electrons. The molecule has 2 aromatic rings. The minimum Gasteiger partial charge on any atom is -0.347 e. The van der Waals surface area contributed by atoms with Crippen molar-refractivity contribution < 1.29 is 14.4 Å². The lowest BCUT2D eigenvalue weighted by atomic mass is 10.2. The first kappa shape index (κ1) is 16.9.